The van der Waals surface area contributed by atoms with Gasteiger partial charge in [-0.05, 0) is 46.1 Å². The van der Waals surface area contributed by atoms with Gasteiger partial charge in [-0.3, -0.25) is 10.1 Å². The molecule has 0 saturated heterocycles. The summed E-state index contributed by atoms with van der Waals surface area (Å²) >= 11 is 1.75. The standard InChI is InChI=1S/C17H27N3OS/c1-12(14-7-6-10-22-14)18-8-9-19-15(21)13-11-16(2,3)20-17(13,4)5/h6-7,10-12,18,20H,8-9H2,1-5H3,(H,19,21). The number of thiophene rings is 1. The molecule has 0 radical (unpaired) electrons. The number of nitrogens with one attached hydrogen (secondary N) is 3. The number of carbonyl (C=O) groups excluding carboxylic acids is 1. The van der Waals surface area contributed by atoms with Gasteiger partial charge in [0.15, 0.2) is 0 Å². The molecule has 0 saturated carbocycles. The van der Waals surface area contributed by atoms with Crippen LogP contribution in [0.4, 0.5) is 0 Å². The molecular weight excluding hydrogens is 294 g/mol. The van der Waals surface area contributed by atoms with Crippen LogP contribution in [0.1, 0.15) is 45.5 Å². The summed E-state index contributed by atoms with van der Waals surface area (Å²) in [4.78, 5) is 13.7. The van der Waals surface area contributed by atoms with Crippen LogP contribution in [-0.4, -0.2) is 30.1 Å². The third kappa shape index (κ3) is 4.18. The van der Waals surface area contributed by atoms with Gasteiger partial charge < -0.3 is 10.6 Å². The molecule has 5 heteroatoms. The minimum atomic E-state index is -0.286. The molecule has 122 valence electrons. The van der Waals surface area contributed by atoms with E-state index in [0.717, 1.165) is 12.1 Å². The van der Waals surface area contributed by atoms with Gasteiger partial charge in [0, 0.05) is 40.7 Å². The summed E-state index contributed by atoms with van der Waals surface area (Å²) in [5, 5.41) is 12.0. The maximum absolute atomic E-state index is 12.4. The third-order valence-corrected chi connectivity index (χ3v) is 4.94. The first-order valence-corrected chi connectivity index (χ1v) is 8.67. The van der Waals surface area contributed by atoms with Crippen LogP contribution >= 0.6 is 11.3 Å². The second kappa shape index (κ2) is 6.52. The molecule has 1 unspecified atom stereocenters. The lowest BCUT2D eigenvalue weighted by Crippen LogP contribution is -2.48. The summed E-state index contributed by atoms with van der Waals surface area (Å²) in [6.45, 7) is 11.8. The van der Waals surface area contributed by atoms with Crippen LogP contribution in [0.3, 0.4) is 0 Å². The second-order valence-corrected chi connectivity index (χ2v) is 7.96. The molecule has 0 bridgehead atoms. The van der Waals surface area contributed by atoms with Crippen molar-refractivity contribution in [3.8, 4) is 0 Å². The Morgan fingerprint density at radius 2 is 2.05 bits per heavy atom. The van der Waals surface area contributed by atoms with Gasteiger partial charge in [-0.1, -0.05) is 12.1 Å². The predicted octanol–water partition coefficient (Wildman–Crippen LogP) is 2.60. The van der Waals surface area contributed by atoms with Crippen molar-refractivity contribution in [2.75, 3.05) is 13.1 Å². The molecule has 1 aromatic heterocycles. The summed E-state index contributed by atoms with van der Waals surface area (Å²) in [7, 11) is 0. The van der Waals surface area contributed by atoms with Gasteiger partial charge in [-0.2, -0.15) is 0 Å². The van der Waals surface area contributed by atoms with Gasteiger partial charge in [0.25, 0.3) is 0 Å². The number of hydrogen-bond donors (Lipinski definition) is 3. The Kier molecular flexibility index (Phi) is 5.10. The fraction of sp³-hybridized carbons (Fsp3) is 0.588. The van der Waals surface area contributed by atoms with Crippen LogP contribution in [-0.2, 0) is 4.79 Å². The Morgan fingerprint density at radius 3 is 2.59 bits per heavy atom. The summed E-state index contributed by atoms with van der Waals surface area (Å²) < 4.78 is 0. The lowest BCUT2D eigenvalue weighted by Gasteiger charge is -2.27. The van der Waals surface area contributed by atoms with E-state index in [1.54, 1.807) is 11.3 Å². The Bertz CT molecular complexity index is 546. The quantitative estimate of drug-likeness (QED) is 0.706. The first kappa shape index (κ1) is 17.2. The second-order valence-electron chi connectivity index (χ2n) is 6.98. The largest absolute Gasteiger partial charge is 0.351 e. The van der Waals surface area contributed by atoms with Crippen LogP contribution in [0.15, 0.2) is 29.2 Å². The monoisotopic (exact) mass is 321 g/mol. The van der Waals surface area contributed by atoms with E-state index in [-0.39, 0.29) is 17.0 Å². The highest BCUT2D eigenvalue weighted by molar-refractivity contribution is 7.10. The summed E-state index contributed by atoms with van der Waals surface area (Å²) in [6, 6.07) is 4.50. The topological polar surface area (TPSA) is 53.2 Å². The molecule has 0 aliphatic carbocycles. The van der Waals surface area contributed by atoms with Crippen LogP contribution in [0.2, 0.25) is 0 Å². The molecule has 2 heterocycles. The smallest absolute Gasteiger partial charge is 0.248 e. The highest BCUT2D eigenvalue weighted by atomic mass is 32.1. The first-order chi connectivity index (χ1) is 10.2. The Morgan fingerprint density at radius 1 is 1.32 bits per heavy atom. The zero-order chi connectivity index (χ0) is 16.4. The molecule has 22 heavy (non-hydrogen) atoms. The molecule has 4 nitrogen and oxygen atoms in total. The van der Waals surface area contributed by atoms with Crippen molar-refractivity contribution in [3.05, 3.63) is 34.0 Å². The van der Waals surface area contributed by atoms with Crippen LogP contribution < -0.4 is 16.0 Å². The van der Waals surface area contributed by atoms with E-state index in [1.165, 1.54) is 4.88 Å². The van der Waals surface area contributed by atoms with Crippen molar-refractivity contribution in [1.82, 2.24) is 16.0 Å². The minimum absolute atomic E-state index is 0.0219. The van der Waals surface area contributed by atoms with Gasteiger partial charge >= 0.3 is 0 Å². The Balaban J connectivity index is 1.79. The third-order valence-electron chi connectivity index (χ3n) is 3.89. The van der Waals surface area contributed by atoms with E-state index < -0.39 is 0 Å². The van der Waals surface area contributed by atoms with E-state index in [1.807, 2.05) is 19.9 Å². The van der Waals surface area contributed by atoms with Crippen LogP contribution in [0.5, 0.6) is 0 Å². The predicted molar refractivity (Wildman–Crippen MR) is 93.1 cm³/mol. The average molecular weight is 321 g/mol. The van der Waals surface area contributed by atoms with E-state index >= 15 is 0 Å². The molecule has 1 aliphatic rings. The van der Waals surface area contributed by atoms with Crippen molar-refractivity contribution in [1.29, 1.82) is 0 Å². The van der Waals surface area contributed by atoms with Gasteiger partial charge in [0.1, 0.15) is 0 Å². The normalized spacial score (nSPS) is 20.5. The highest BCUT2D eigenvalue weighted by Gasteiger charge is 2.39. The Hall–Kier alpha value is -1.17. The maximum atomic E-state index is 12.4. The highest BCUT2D eigenvalue weighted by Crippen LogP contribution is 2.29. The molecule has 2 rings (SSSR count). The van der Waals surface area contributed by atoms with Gasteiger partial charge in [-0.25, -0.2) is 0 Å². The van der Waals surface area contributed by atoms with E-state index in [0.29, 0.717) is 12.6 Å². The first-order valence-electron chi connectivity index (χ1n) is 7.79. The maximum Gasteiger partial charge on any atom is 0.248 e. The molecule has 1 amide bonds. The molecule has 1 atom stereocenters. The number of carbonyl (C=O) groups is 1. The zero-order valence-electron chi connectivity index (χ0n) is 14.1. The van der Waals surface area contributed by atoms with Crippen molar-refractivity contribution >= 4 is 17.2 Å². The summed E-state index contributed by atoms with van der Waals surface area (Å²) in [5.74, 6) is 0.0219. The lowest BCUT2D eigenvalue weighted by atomic mass is 9.96. The van der Waals surface area contributed by atoms with E-state index in [4.69, 9.17) is 0 Å². The molecule has 3 N–H and O–H groups in total. The number of hydrogen-bond acceptors (Lipinski definition) is 4. The molecule has 1 aromatic rings. The van der Waals surface area contributed by atoms with Gasteiger partial charge in [0.2, 0.25) is 5.91 Å². The summed E-state index contributed by atoms with van der Waals surface area (Å²) in [6.07, 6.45) is 2.03. The fourth-order valence-electron chi connectivity index (χ4n) is 3.00. The van der Waals surface area contributed by atoms with Crippen molar-refractivity contribution in [2.24, 2.45) is 0 Å². The molecule has 1 aliphatic heterocycles. The molecule has 0 spiro atoms. The van der Waals surface area contributed by atoms with Crippen LogP contribution in [0.25, 0.3) is 0 Å². The zero-order valence-corrected chi connectivity index (χ0v) is 14.9. The fourth-order valence-corrected chi connectivity index (χ4v) is 3.76. The summed E-state index contributed by atoms with van der Waals surface area (Å²) in [5.41, 5.74) is 0.400. The molecule has 0 fully saturated rings. The number of rotatable bonds is 6. The average Bonchev–Trinajstić information content (AvgIpc) is 2.99. The van der Waals surface area contributed by atoms with Gasteiger partial charge in [-0.15, -0.1) is 11.3 Å². The number of amides is 1. The minimum Gasteiger partial charge on any atom is -0.351 e. The van der Waals surface area contributed by atoms with Crippen molar-refractivity contribution in [2.45, 2.75) is 51.7 Å². The van der Waals surface area contributed by atoms with E-state index in [9.17, 15) is 4.79 Å². The SMILES string of the molecule is CC(NCCNC(=O)C1=CC(C)(C)NC1(C)C)c1cccs1. The lowest BCUT2D eigenvalue weighted by molar-refractivity contribution is -0.118. The van der Waals surface area contributed by atoms with Gasteiger partial charge in [0.05, 0.1) is 0 Å². The molecule has 0 aromatic carbocycles. The van der Waals surface area contributed by atoms with E-state index in [2.05, 4.69) is 54.2 Å². The van der Waals surface area contributed by atoms with Crippen molar-refractivity contribution < 1.29 is 4.79 Å². The van der Waals surface area contributed by atoms with Crippen molar-refractivity contribution in [3.63, 3.8) is 0 Å². The molecular formula is C17H27N3OS. The Labute approximate surface area is 137 Å². The van der Waals surface area contributed by atoms with Crippen LogP contribution in [0, 0.1) is 0 Å².